The molecule has 0 fully saturated rings. The molecule has 3 nitrogen and oxygen atoms in total. The van der Waals surface area contributed by atoms with Gasteiger partial charge in [0.1, 0.15) is 0 Å². The molecule has 0 aliphatic heterocycles. The van der Waals surface area contributed by atoms with Gasteiger partial charge in [-0.3, -0.25) is 0 Å². The third kappa shape index (κ3) is 3.02. The van der Waals surface area contributed by atoms with Crippen LogP contribution >= 0.6 is 11.6 Å². The standard InChI is InChI=1S/C14H14ClN3/c15-12-7-5-10(6-8-12)13-4-2-1-3-11(13)9-18-14(16)17/h1-8H,9H2,(H4,16,17,18). The molecule has 0 bridgehead atoms. The van der Waals surface area contributed by atoms with E-state index in [1.165, 1.54) is 0 Å². The van der Waals surface area contributed by atoms with Gasteiger partial charge in [-0.2, -0.15) is 0 Å². The molecule has 0 spiro atoms. The fourth-order valence-corrected chi connectivity index (χ4v) is 1.87. The lowest BCUT2D eigenvalue weighted by Gasteiger charge is -2.08. The zero-order valence-corrected chi connectivity index (χ0v) is 10.6. The summed E-state index contributed by atoms with van der Waals surface area (Å²) in [4.78, 5) is 4.04. The van der Waals surface area contributed by atoms with E-state index in [2.05, 4.69) is 4.99 Å². The molecule has 0 aromatic heterocycles. The highest BCUT2D eigenvalue weighted by Crippen LogP contribution is 2.25. The molecular formula is C14H14ClN3. The number of nitrogens with zero attached hydrogens (tertiary/aromatic N) is 1. The summed E-state index contributed by atoms with van der Waals surface area (Å²) in [5.74, 6) is 0.0981. The fraction of sp³-hybridized carbons (Fsp3) is 0.0714. The summed E-state index contributed by atoms with van der Waals surface area (Å²) in [5.41, 5.74) is 14.0. The van der Waals surface area contributed by atoms with Crippen molar-refractivity contribution in [1.29, 1.82) is 0 Å². The Morgan fingerprint density at radius 3 is 2.33 bits per heavy atom. The SMILES string of the molecule is NC(N)=NCc1ccccc1-c1ccc(Cl)cc1. The number of aliphatic imine (C=N–C) groups is 1. The van der Waals surface area contributed by atoms with E-state index in [1.807, 2.05) is 48.5 Å². The molecule has 2 aromatic rings. The number of hydrogen-bond donors (Lipinski definition) is 2. The van der Waals surface area contributed by atoms with Gasteiger partial charge in [0.15, 0.2) is 5.96 Å². The fourth-order valence-electron chi connectivity index (χ4n) is 1.75. The quantitative estimate of drug-likeness (QED) is 0.658. The number of hydrogen-bond acceptors (Lipinski definition) is 1. The first-order chi connectivity index (χ1) is 8.66. The van der Waals surface area contributed by atoms with Crippen LogP contribution in [0.1, 0.15) is 5.56 Å². The molecule has 92 valence electrons. The van der Waals surface area contributed by atoms with Crippen LogP contribution in [0.2, 0.25) is 5.02 Å². The lowest BCUT2D eigenvalue weighted by molar-refractivity contribution is 1.06. The van der Waals surface area contributed by atoms with E-state index in [9.17, 15) is 0 Å². The molecule has 2 aromatic carbocycles. The lowest BCUT2D eigenvalue weighted by Crippen LogP contribution is -2.22. The Balaban J connectivity index is 2.38. The molecule has 0 unspecified atom stereocenters. The maximum absolute atomic E-state index is 5.89. The van der Waals surface area contributed by atoms with Crippen molar-refractivity contribution in [2.24, 2.45) is 16.5 Å². The zero-order valence-electron chi connectivity index (χ0n) is 9.81. The van der Waals surface area contributed by atoms with Gasteiger partial charge in [0.2, 0.25) is 0 Å². The molecule has 2 rings (SSSR count). The Hall–Kier alpha value is -2.00. The van der Waals surface area contributed by atoms with Gasteiger partial charge in [0, 0.05) is 5.02 Å². The van der Waals surface area contributed by atoms with Crippen LogP contribution in [0.15, 0.2) is 53.5 Å². The molecule has 0 saturated carbocycles. The van der Waals surface area contributed by atoms with Crippen molar-refractivity contribution in [3.63, 3.8) is 0 Å². The van der Waals surface area contributed by atoms with E-state index in [4.69, 9.17) is 23.1 Å². The van der Waals surface area contributed by atoms with Crippen molar-refractivity contribution in [2.45, 2.75) is 6.54 Å². The second kappa shape index (κ2) is 5.56. The average Bonchev–Trinajstić information content (AvgIpc) is 2.38. The predicted molar refractivity (Wildman–Crippen MR) is 76.4 cm³/mol. The number of halogens is 1. The topological polar surface area (TPSA) is 64.4 Å². The van der Waals surface area contributed by atoms with Crippen molar-refractivity contribution in [3.05, 3.63) is 59.1 Å². The number of benzene rings is 2. The molecule has 0 radical (unpaired) electrons. The molecule has 0 atom stereocenters. The summed E-state index contributed by atoms with van der Waals surface area (Å²) in [5, 5.41) is 0.723. The van der Waals surface area contributed by atoms with Gasteiger partial charge in [0.25, 0.3) is 0 Å². The maximum atomic E-state index is 5.89. The minimum atomic E-state index is 0.0981. The Kier molecular flexibility index (Phi) is 3.85. The third-order valence-electron chi connectivity index (χ3n) is 2.60. The molecular weight excluding hydrogens is 246 g/mol. The average molecular weight is 260 g/mol. The van der Waals surface area contributed by atoms with Crippen LogP contribution in [0.25, 0.3) is 11.1 Å². The minimum absolute atomic E-state index is 0.0981. The van der Waals surface area contributed by atoms with Crippen LogP contribution in [0.4, 0.5) is 0 Å². The van der Waals surface area contributed by atoms with Gasteiger partial charge in [0.05, 0.1) is 6.54 Å². The maximum Gasteiger partial charge on any atom is 0.186 e. The smallest absolute Gasteiger partial charge is 0.186 e. The number of guanidine groups is 1. The van der Waals surface area contributed by atoms with Gasteiger partial charge in [-0.1, -0.05) is 48.0 Å². The highest BCUT2D eigenvalue weighted by atomic mass is 35.5. The summed E-state index contributed by atoms with van der Waals surface area (Å²) in [7, 11) is 0. The molecule has 0 amide bonds. The van der Waals surface area contributed by atoms with Crippen LogP contribution in [0.3, 0.4) is 0 Å². The summed E-state index contributed by atoms with van der Waals surface area (Å²) in [6, 6.07) is 15.7. The highest BCUT2D eigenvalue weighted by Gasteiger charge is 2.03. The van der Waals surface area contributed by atoms with Crippen LogP contribution in [-0.2, 0) is 6.54 Å². The van der Waals surface area contributed by atoms with Crippen molar-refractivity contribution in [3.8, 4) is 11.1 Å². The first-order valence-electron chi connectivity index (χ1n) is 5.56. The first kappa shape index (κ1) is 12.5. The van der Waals surface area contributed by atoms with Gasteiger partial charge in [-0.15, -0.1) is 0 Å². The van der Waals surface area contributed by atoms with Crippen molar-refractivity contribution < 1.29 is 0 Å². The van der Waals surface area contributed by atoms with Crippen molar-refractivity contribution in [2.75, 3.05) is 0 Å². The van der Waals surface area contributed by atoms with Crippen molar-refractivity contribution in [1.82, 2.24) is 0 Å². The molecule has 4 heteroatoms. The summed E-state index contributed by atoms with van der Waals surface area (Å²) in [6.45, 7) is 0.473. The Morgan fingerprint density at radius 1 is 1.00 bits per heavy atom. The third-order valence-corrected chi connectivity index (χ3v) is 2.86. The van der Waals surface area contributed by atoms with E-state index in [0.717, 1.165) is 21.7 Å². The number of nitrogens with two attached hydrogens (primary N) is 2. The van der Waals surface area contributed by atoms with Gasteiger partial charge >= 0.3 is 0 Å². The molecule has 0 heterocycles. The summed E-state index contributed by atoms with van der Waals surface area (Å²) >= 11 is 5.89. The van der Waals surface area contributed by atoms with E-state index >= 15 is 0 Å². The summed E-state index contributed by atoms with van der Waals surface area (Å²) in [6.07, 6.45) is 0. The monoisotopic (exact) mass is 259 g/mol. The normalized spacial score (nSPS) is 10.1. The van der Waals surface area contributed by atoms with Crippen LogP contribution in [-0.4, -0.2) is 5.96 Å². The second-order valence-corrected chi connectivity index (χ2v) is 4.34. The van der Waals surface area contributed by atoms with E-state index in [0.29, 0.717) is 6.54 Å². The van der Waals surface area contributed by atoms with Crippen LogP contribution in [0, 0.1) is 0 Å². The molecule has 4 N–H and O–H groups in total. The second-order valence-electron chi connectivity index (χ2n) is 3.91. The number of rotatable bonds is 3. The van der Waals surface area contributed by atoms with E-state index < -0.39 is 0 Å². The van der Waals surface area contributed by atoms with Crippen molar-refractivity contribution >= 4 is 17.6 Å². The summed E-state index contributed by atoms with van der Waals surface area (Å²) < 4.78 is 0. The van der Waals surface area contributed by atoms with E-state index in [-0.39, 0.29) is 5.96 Å². The molecule has 18 heavy (non-hydrogen) atoms. The van der Waals surface area contributed by atoms with Crippen LogP contribution < -0.4 is 11.5 Å². The largest absolute Gasteiger partial charge is 0.370 e. The highest BCUT2D eigenvalue weighted by molar-refractivity contribution is 6.30. The van der Waals surface area contributed by atoms with E-state index in [1.54, 1.807) is 0 Å². The molecule has 0 aliphatic carbocycles. The first-order valence-corrected chi connectivity index (χ1v) is 5.94. The Morgan fingerprint density at radius 2 is 1.67 bits per heavy atom. The molecule has 0 saturated heterocycles. The lowest BCUT2D eigenvalue weighted by atomic mass is 10.00. The van der Waals surface area contributed by atoms with Gasteiger partial charge < -0.3 is 11.5 Å². The predicted octanol–water partition coefficient (Wildman–Crippen LogP) is 2.78. The van der Waals surface area contributed by atoms with Crippen LogP contribution in [0.5, 0.6) is 0 Å². The minimum Gasteiger partial charge on any atom is -0.370 e. The van der Waals surface area contributed by atoms with Gasteiger partial charge in [-0.05, 0) is 28.8 Å². The van der Waals surface area contributed by atoms with Gasteiger partial charge in [-0.25, -0.2) is 4.99 Å². The zero-order chi connectivity index (χ0) is 13.0. The Labute approximate surface area is 111 Å². The molecule has 0 aliphatic rings. The Bertz CT molecular complexity index is 558.